The smallest absolute Gasteiger partial charge is 0.306 e. The van der Waals surface area contributed by atoms with Crippen molar-refractivity contribution < 1.29 is 69.0 Å². The van der Waals surface area contributed by atoms with E-state index < -0.39 is 80.7 Å². The average molecular weight is 989 g/mol. The van der Waals surface area contributed by atoms with E-state index in [0.717, 1.165) is 57.8 Å². The molecule has 408 valence electrons. The van der Waals surface area contributed by atoms with Gasteiger partial charge in [0.15, 0.2) is 12.6 Å². The summed E-state index contributed by atoms with van der Waals surface area (Å²) in [4.78, 5) is 13.0. The molecule has 2 rings (SSSR count). The van der Waals surface area contributed by atoms with Gasteiger partial charge < -0.3 is 64.2 Å². The van der Waals surface area contributed by atoms with E-state index >= 15 is 0 Å². The number of hydrogen-bond donors (Lipinski definition) is 7. The fourth-order valence-electron chi connectivity index (χ4n) is 9.15. The summed E-state index contributed by atoms with van der Waals surface area (Å²) in [5.41, 5.74) is 0. The van der Waals surface area contributed by atoms with Crippen LogP contribution in [0.3, 0.4) is 0 Å². The van der Waals surface area contributed by atoms with Gasteiger partial charge in [-0.2, -0.15) is 0 Å². The normalized spacial score (nSPS) is 25.7. The average Bonchev–Trinajstić information content (AvgIpc) is 3.35. The number of carbonyl (C=O) groups excluding carboxylic acids is 1. The molecule has 0 aromatic rings. The fraction of sp³-hybridized carbons (Fsp3) is 0.945. The van der Waals surface area contributed by atoms with Crippen molar-refractivity contribution in [2.75, 3.05) is 33.0 Å². The van der Waals surface area contributed by atoms with Crippen LogP contribution in [0.1, 0.15) is 232 Å². The molecule has 2 fully saturated rings. The van der Waals surface area contributed by atoms with Gasteiger partial charge in [-0.05, 0) is 32.1 Å². The van der Waals surface area contributed by atoms with Crippen LogP contribution in [0, 0.1) is 0 Å². The van der Waals surface area contributed by atoms with Crippen molar-refractivity contribution in [3.05, 3.63) is 12.2 Å². The minimum absolute atomic E-state index is 0.0640. The number of aliphatic hydroxyl groups excluding tert-OH is 7. The van der Waals surface area contributed by atoms with Gasteiger partial charge in [-0.15, -0.1) is 0 Å². The third-order valence-electron chi connectivity index (χ3n) is 13.8. The van der Waals surface area contributed by atoms with Crippen molar-refractivity contribution in [3.63, 3.8) is 0 Å². The van der Waals surface area contributed by atoms with Crippen LogP contribution in [0.15, 0.2) is 12.2 Å². The molecule has 0 amide bonds. The van der Waals surface area contributed by atoms with Gasteiger partial charge in [0.1, 0.15) is 54.9 Å². The lowest BCUT2D eigenvalue weighted by molar-refractivity contribution is -0.332. The van der Waals surface area contributed by atoms with Gasteiger partial charge in [-0.1, -0.05) is 206 Å². The van der Waals surface area contributed by atoms with Crippen LogP contribution in [0.4, 0.5) is 0 Å². The number of ether oxygens (including phenoxy) is 6. The molecule has 14 heteroatoms. The standard InChI is InChI=1S/C55H104O14/c1-3-5-7-9-11-13-15-16-17-18-19-20-21-22-23-24-25-26-27-29-31-33-35-37-39-64-41-44(67-47(57)38-36-34-32-30-28-14-12-10-8-6-4-2)42-65-54-53(63)51(61)49(59)46(69-54)43-66-55-52(62)50(60)48(58)45(40-56)68-55/h10,12,44-46,48-56,58-63H,3-9,11,13-43H2,1-2H3/b12-10-. The predicted octanol–water partition coefficient (Wildman–Crippen LogP) is 9.41. The molecule has 0 aromatic heterocycles. The lowest BCUT2D eigenvalue weighted by Crippen LogP contribution is -2.61. The van der Waals surface area contributed by atoms with Crippen LogP contribution in [0.5, 0.6) is 0 Å². The Hall–Kier alpha value is -1.27. The number of aliphatic hydroxyl groups is 7. The molecule has 0 aliphatic carbocycles. The maximum Gasteiger partial charge on any atom is 0.306 e. The summed E-state index contributed by atoms with van der Waals surface area (Å²) in [6.45, 7) is 3.68. The number of allylic oxidation sites excluding steroid dienone is 2. The maximum atomic E-state index is 13.0. The van der Waals surface area contributed by atoms with Crippen molar-refractivity contribution in [2.45, 2.75) is 300 Å². The quantitative estimate of drug-likeness (QED) is 0.0172. The van der Waals surface area contributed by atoms with E-state index in [4.69, 9.17) is 28.4 Å². The second kappa shape index (κ2) is 43.2. The Labute approximate surface area is 418 Å². The summed E-state index contributed by atoms with van der Waals surface area (Å²) >= 11 is 0. The van der Waals surface area contributed by atoms with Crippen molar-refractivity contribution in [1.29, 1.82) is 0 Å². The third kappa shape index (κ3) is 30.5. The Morgan fingerprint density at radius 2 is 0.870 bits per heavy atom. The van der Waals surface area contributed by atoms with E-state index in [1.807, 2.05) is 0 Å². The van der Waals surface area contributed by atoms with Crippen LogP contribution in [-0.4, -0.2) is 142 Å². The molecule has 2 saturated heterocycles. The number of esters is 1. The number of carbonyl (C=O) groups is 1. The highest BCUT2D eigenvalue weighted by atomic mass is 16.7. The zero-order valence-electron chi connectivity index (χ0n) is 43.6. The van der Waals surface area contributed by atoms with E-state index in [-0.39, 0.29) is 25.6 Å². The second-order valence-electron chi connectivity index (χ2n) is 20.1. The summed E-state index contributed by atoms with van der Waals surface area (Å²) < 4.78 is 34.3. The first-order chi connectivity index (χ1) is 33.6. The highest BCUT2D eigenvalue weighted by Crippen LogP contribution is 2.27. The first-order valence-corrected chi connectivity index (χ1v) is 28.3. The van der Waals surface area contributed by atoms with Crippen LogP contribution in [-0.2, 0) is 33.2 Å². The maximum absolute atomic E-state index is 13.0. The first kappa shape index (κ1) is 63.8. The highest BCUT2D eigenvalue weighted by molar-refractivity contribution is 5.69. The van der Waals surface area contributed by atoms with Gasteiger partial charge >= 0.3 is 5.97 Å². The summed E-state index contributed by atoms with van der Waals surface area (Å²) in [5, 5.41) is 72.2. The van der Waals surface area contributed by atoms with Gasteiger partial charge in [-0.25, -0.2) is 0 Å². The second-order valence-corrected chi connectivity index (χ2v) is 20.1. The molecule has 11 unspecified atom stereocenters. The molecule has 14 nitrogen and oxygen atoms in total. The number of unbranched alkanes of at least 4 members (excludes halogenated alkanes) is 30. The molecule has 2 heterocycles. The Morgan fingerprint density at radius 3 is 1.36 bits per heavy atom. The van der Waals surface area contributed by atoms with Gasteiger partial charge in [-0.3, -0.25) is 4.79 Å². The summed E-state index contributed by atoms with van der Waals surface area (Å²) in [5.74, 6) is -0.382. The van der Waals surface area contributed by atoms with Crippen LogP contribution in [0.2, 0.25) is 0 Å². The van der Waals surface area contributed by atoms with E-state index in [2.05, 4.69) is 26.0 Å². The Kier molecular flexibility index (Phi) is 39.9. The minimum Gasteiger partial charge on any atom is -0.457 e. The highest BCUT2D eigenvalue weighted by Gasteiger charge is 2.47. The van der Waals surface area contributed by atoms with E-state index in [1.54, 1.807) is 0 Å². The van der Waals surface area contributed by atoms with Crippen molar-refractivity contribution in [3.8, 4) is 0 Å². The Bertz CT molecular complexity index is 1190. The molecule has 0 saturated carbocycles. The van der Waals surface area contributed by atoms with Crippen molar-refractivity contribution in [1.82, 2.24) is 0 Å². The van der Waals surface area contributed by atoms with Gasteiger partial charge in [0.25, 0.3) is 0 Å². The largest absolute Gasteiger partial charge is 0.457 e. The van der Waals surface area contributed by atoms with Crippen LogP contribution in [0.25, 0.3) is 0 Å². The molecular weight excluding hydrogens is 885 g/mol. The molecule has 0 radical (unpaired) electrons. The number of rotatable bonds is 46. The molecule has 2 aliphatic rings. The molecule has 0 bridgehead atoms. The lowest BCUT2D eigenvalue weighted by Gasteiger charge is -2.42. The van der Waals surface area contributed by atoms with E-state index in [9.17, 15) is 40.5 Å². The molecule has 69 heavy (non-hydrogen) atoms. The van der Waals surface area contributed by atoms with Crippen LogP contribution >= 0.6 is 0 Å². The Morgan fingerprint density at radius 1 is 0.464 bits per heavy atom. The molecular formula is C55H104O14. The molecule has 7 N–H and O–H groups in total. The van der Waals surface area contributed by atoms with Crippen molar-refractivity contribution in [2.24, 2.45) is 0 Å². The lowest BCUT2D eigenvalue weighted by atomic mass is 9.98. The van der Waals surface area contributed by atoms with E-state index in [0.29, 0.717) is 13.0 Å². The topological polar surface area (TPSA) is 214 Å². The monoisotopic (exact) mass is 989 g/mol. The van der Waals surface area contributed by atoms with E-state index in [1.165, 1.54) is 148 Å². The predicted molar refractivity (Wildman–Crippen MR) is 271 cm³/mol. The molecule has 11 atom stereocenters. The minimum atomic E-state index is -1.70. The number of hydrogen-bond acceptors (Lipinski definition) is 14. The molecule has 2 aliphatic heterocycles. The van der Waals surface area contributed by atoms with Gasteiger partial charge in [0, 0.05) is 13.0 Å². The molecule has 0 aromatic carbocycles. The summed E-state index contributed by atoms with van der Waals surface area (Å²) in [6, 6.07) is 0. The third-order valence-corrected chi connectivity index (χ3v) is 13.8. The Balaban J connectivity index is 1.66. The molecule has 0 spiro atoms. The zero-order chi connectivity index (χ0) is 50.2. The summed E-state index contributed by atoms with van der Waals surface area (Å²) in [6.07, 6.45) is 30.1. The first-order valence-electron chi connectivity index (χ1n) is 28.3. The van der Waals surface area contributed by atoms with Gasteiger partial charge in [0.05, 0.1) is 26.4 Å². The fourth-order valence-corrected chi connectivity index (χ4v) is 9.15. The summed E-state index contributed by atoms with van der Waals surface area (Å²) in [7, 11) is 0. The van der Waals surface area contributed by atoms with Crippen molar-refractivity contribution >= 4 is 5.97 Å². The SMILES string of the molecule is CCCC/C=C\CCCCCCCC(=O)OC(COCCCCCCCCCCCCCCCCCCCCCCCCCC)COC1OC(COC2OC(CO)C(O)C(O)C2O)C(O)C(O)C1O. The van der Waals surface area contributed by atoms with Gasteiger partial charge in [0.2, 0.25) is 0 Å². The van der Waals surface area contributed by atoms with Crippen LogP contribution < -0.4 is 0 Å². The zero-order valence-corrected chi connectivity index (χ0v) is 43.6.